The number of ether oxygens (including phenoxy) is 2. The van der Waals surface area contributed by atoms with E-state index >= 15 is 0 Å². The van der Waals surface area contributed by atoms with Crippen LogP contribution in [0.25, 0.3) is 11.2 Å². The highest BCUT2D eigenvalue weighted by Crippen LogP contribution is 2.33. The molecule has 0 spiro atoms. The van der Waals surface area contributed by atoms with Crippen LogP contribution in [0.2, 0.25) is 5.02 Å². The topological polar surface area (TPSA) is 127 Å². The third-order valence-corrected chi connectivity index (χ3v) is 8.07. The Morgan fingerprint density at radius 2 is 1.59 bits per heavy atom. The van der Waals surface area contributed by atoms with E-state index in [9.17, 15) is 10.2 Å². The van der Waals surface area contributed by atoms with Gasteiger partial charge in [0.25, 0.3) is 0 Å². The van der Waals surface area contributed by atoms with Gasteiger partial charge in [0.1, 0.15) is 24.1 Å². The SMILES string of the molecule is COC[C@H]1O[C@@H](n2cnc3c(NCC(c4ccccc4)c4ccccc4)nc(CNCc4ccc(Cl)cc4)nc32)[C@H](O)[C@@H]1O. The molecule has 0 amide bonds. The zero-order valence-electron chi connectivity index (χ0n) is 24.3. The molecule has 1 aliphatic rings. The molecule has 0 saturated carbocycles. The van der Waals surface area contributed by atoms with Crippen molar-refractivity contribution in [2.24, 2.45) is 0 Å². The molecule has 0 unspecified atom stereocenters. The van der Waals surface area contributed by atoms with Crippen LogP contribution in [0.1, 0.15) is 34.7 Å². The number of imidazole rings is 1. The second kappa shape index (κ2) is 13.8. The standard InChI is InChI=1S/C33H35ClN6O4/c1-43-19-26-29(41)30(42)33(44-26)40-20-37-28-31(36-17-25(22-8-4-2-5-9-22)23-10-6-3-7-11-23)38-27(39-32(28)40)18-35-16-21-12-14-24(34)15-13-21/h2-15,20,25-26,29-30,33,35,41-42H,16-19H2,1H3,(H,36,38,39)/t26-,29-,30-,33-/m1/s1. The molecule has 10 nitrogen and oxygen atoms in total. The zero-order chi connectivity index (χ0) is 30.5. The first kappa shape index (κ1) is 30.1. The fourth-order valence-corrected chi connectivity index (χ4v) is 5.66. The van der Waals surface area contributed by atoms with Crippen molar-refractivity contribution in [1.29, 1.82) is 0 Å². The van der Waals surface area contributed by atoms with E-state index < -0.39 is 24.5 Å². The molecule has 4 atom stereocenters. The molecule has 1 fully saturated rings. The summed E-state index contributed by atoms with van der Waals surface area (Å²) in [5, 5.41) is 29.1. The van der Waals surface area contributed by atoms with Crippen LogP contribution in [0, 0.1) is 0 Å². The van der Waals surface area contributed by atoms with Gasteiger partial charge in [-0.3, -0.25) is 4.57 Å². The van der Waals surface area contributed by atoms with Crippen molar-refractivity contribution in [1.82, 2.24) is 24.8 Å². The number of halogens is 1. The average Bonchev–Trinajstić information content (AvgIpc) is 3.59. The number of rotatable bonds is 12. The van der Waals surface area contributed by atoms with Crippen LogP contribution in [0.5, 0.6) is 0 Å². The maximum atomic E-state index is 10.9. The molecule has 0 aliphatic carbocycles. The molecule has 1 aliphatic heterocycles. The van der Waals surface area contributed by atoms with Crippen molar-refractivity contribution in [3.8, 4) is 0 Å². The summed E-state index contributed by atoms with van der Waals surface area (Å²) < 4.78 is 12.8. The fraction of sp³-hybridized carbons (Fsp3) is 0.303. The van der Waals surface area contributed by atoms with Crippen molar-refractivity contribution in [3.05, 3.63) is 119 Å². The number of hydrogen-bond donors (Lipinski definition) is 4. The lowest BCUT2D eigenvalue weighted by Gasteiger charge is -2.20. The zero-order valence-corrected chi connectivity index (χ0v) is 25.0. The van der Waals surface area contributed by atoms with Gasteiger partial charge in [-0.25, -0.2) is 15.0 Å². The maximum absolute atomic E-state index is 10.9. The van der Waals surface area contributed by atoms with Gasteiger partial charge in [-0.2, -0.15) is 0 Å². The van der Waals surface area contributed by atoms with Crippen molar-refractivity contribution in [2.75, 3.05) is 25.6 Å². The lowest BCUT2D eigenvalue weighted by Crippen LogP contribution is -2.33. The molecule has 228 valence electrons. The van der Waals surface area contributed by atoms with E-state index in [4.69, 9.17) is 31.0 Å². The second-order valence-electron chi connectivity index (χ2n) is 10.8. The number of aliphatic hydroxyl groups excluding tert-OH is 2. The van der Waals surface area contributed by atoms with Gasteiger partial charge in [0.05, 0.1) is 19.5 Å². The Kier molecular flexibility index (Phi) is 9.46. The molecule has 0 radical (unpaired) electrons. The molecule has 6 rings (SSSR count). The summed E-state index contributed by atoms with van der Waals surface area (Å²) in [4.78, 5) is 14.3. The van der Waals surface area contributed by atoms with Crippen LogP contribution in [0.3, 0.4) is 0 Å². The number of methoxy groups -OCH3 is 1. The van der Waals surface area contributed by atoms with Gasteiger partial charge >= 0.3 is 0 Å². The Labute approximate surface area is 260 Å². The van der Waals surface area contributed by atoms with Crippen LogP contribution in [-0.2, 0) is 22.6 Å². The summed E-state index contributed by atoms with van der Waals surface area (Å²) in [6, 6.07) is 28.3. The van der Waals surface area contributed by atoms with Crippen molar-refractivity contribution < 1.29 is 19.7 Å². The Morgan fingerprint density at radius 1 is 0.909 bits per heavy atom. The largest absolute Gasteiger partial charge is 0.387 e. The Morgan fingerprint density at radius 3 is 2.25 bits per heavy atom. The Bertz CT molecular complexity index is 1610. The number of nitrogens with one attached hydrogen (secondary N) is 2. The van der Waals surface area contributed by atoms with E-state index in [0.717, 1.165) is 5.56 Å². The molecule has 5 aromatic rings. The molecular formula is C33H35ClN6O4. The van der Waals surface area contributed by atoms with Crippen molar-refractivity contribution in [3.63, 3.8) is 0 Å². The van der Waals surface area contributed by atoms with Crippen molar-refractivity contribution in [2.45, 2.75) is 43.5 Å². The first-order valence-electron chi connectivity index (χ1n) is 14.5. The smallest absolute Gasteiger partial charge is 0.168 e. The second-order valence-corrected chi connectivity index (χ2v) is 11.2. The summed E-state index contributed by atoms with van der Waals surface area (Å²) in [6.45, 7) is 1.67. The molecule has 2 aromatic heterocycles. The summed E-state index contributed by atoms with van der Waals surface area (Å²) in [7, 11) is 1.52. The number of aromatic nitrogens is 4. The van der Waals surface area contributed by atoms with Crippen LogP contribution in [-0.4, -0.2) is 68.3 Å². The van der Waals surface area contributed by atoms with E-state index in [1.807, 2.05) is 60.7 Å². The van der Waals surface area contributed by atoms with Gasteiger partial charge < -0.3 is 30.3 Å². The van der Waals surface area contributed by atoms with Gasteiger partial charge in [-0.05, 0) is 28.8 Å². The average molecular weight is 615 g/mol. The minimum atomic E-state index is -1.19. The number of fused-ring (bicyclic) bond motifs is 1. The lowest BCUT2D eigenvalue weighted by atomic mass is 9.91. The van der Waals surface area contributed by atoms with Gasteiger partial charge in [0, 0.05) is 31.1 Å². The minimum absolute atomic E-state index is 0.0564. The molecule has 4 N–H and O–H groups in total. The quantitative estimate of drug-likeness (QED) is 0.163. The number of hydrogen-bond acceptors (Lipinski definition) is 9. The highest BCUT2D eigenvalue weighted by Gasteiger charge is 2.44. The lowest BCUT2D eigenvalue weighted by molar-refractivity contribution is -0.0580. The van der Waals surface area contributed by atoms with Gasteiger partial charge in [-0.15, -0.1) is 0 Å². The number of anilines is 1. The molecule has 1 saturated heterocycles. The van der Waals surface area contributed by atoms with Crippen molar-refractivity contribution >= 4 is 28.6 Å². The molecule has 11 heteroatoms. The maximum Gasteiger partial charge on any atom is 0.168 e. The van der Waals surface area contributed by atoms with Gasteiger partial charge in [-0.1, -0.05) is 84.4 Å². The molecular weight excluding hydrogens is 580 g/mol. The third kappa shape index (κ3) is 6.61. The van der Waals surface area contributed by atoms with E-state index in [1.54, 1.807) is 10.9 Å². The third-order valence-electron chi connectivity index (χ3n) is 7.81. The van der Waals surface area contributed by atoms with E-state index in [1.165, 1.54) is 18.2 Å². The fourth-order valence-electron chi connectivity index (χ4n) is 5.53. The van der Waals surface area contributed by atoms with Crippen LogP contribution < -0.4 is 10.6 Å². The first-order valence-corrected chi connectivity index (χ1v) is 14.9. The number of nitrogens with zero attached hydrogens (tertiary/aromatic N) is 4. The minimum Gasteiger partial charge on any atom is -0.387 e. The normalized spacial score (nSPS) is 20.0. The molecule has 3 aromatic carbocycles. The number of aliphatic hydroxyl groups is 2. The Balaban J connectivity index is 1.32. The van der Waals surface area contributed by atoms with Crippen LogP contribution in [0.4, 0.5) is 5.82 Å². The van der Waals surface area contributed by atoms with Gasteiger partial charge in [0.15, 0.2) is 23.2 Å². The molecule has 3 heterocycles. The first-order chi connectivity index (χ1) is 21.5. The molecule has 44 heavy (non-hydrogen) atoms. The summed E-state index contributed by atoms with van der Waals surface area (Å²) in [5.41, 5.74) is 4.44. The van der Waals surface area contributed by atoms with Crippen LogP contribution in [0.15, 0.2) is 91.3 Å². The predicted molar refractivity (Wildman–Crippen MR) is 168 cm³/mol. The summed E-state index contributed by atoms with van der Waals surface area (Å²) in [6.07, 6.45) is -2.32. The summed E-state index contributed by atoms with van der Waals surface area (Å²) >= 11 is 6.04. The highest BCUT2D eigenvalue weighted by atomic mass is 35.5. The van der Waals surface area contributed by atoms with E-state index in [-0.39, 0.29) is 12.5 Å². The summed E-state index contributed by atoms with van der Waals surface area (Å²) in [5.74, 6) is 1.16. The van der Waals surface area contributed by atoms with Gasteiger partial charge in [0.2, 0.25) is 0 Å². The van der Waals surface area contributed by atoms with E-state index in [2.05, 4.69) is 39.9 Å². The highest BCUT2D eigenvalue weighted by molar-refractivity contribution is 6.30. The monoisotopic (exact) mass is 614 g/mol. The number of benzene rings is 3. The predicted octanol–water partition coefficient (Wildman–Crippen LogP) is 4.28. The van der Waals surface area contributed by atoms with E-state index in [0.29, 0.717) is 47.5 Å². The Hall–Kier alpha value is -3.90. The van der Waals surface area contributed by atoms with Crippen LogP contribution >= 0.6 is 11.6 Å². The molecule has 0 bridgehead atoms.